The van der Waals surface area contributed by atoms with Gasteiger partial charge in [-0.1, -0.05) is 36.4 Å². The predicted octanol–water partition coefficient (Wildman–Crippen LogP) is 5.73. The minimum atomic E-state index is -5.87. The molecule has 0 aliphatic heterocycles. The van der Waals surface area contributed by atoms with Crippen molar-refractivity contribution in [1.29, 1.82) is 0 Å². The third-order valence-electron chi connectivity index (χ3n) is 10.0. The monoisotopic (exact) mass is 802 g/mol. The first-order valence-electron chi connectivity index (χ1n) is 15.6. The molecule has 48 heavy (non-hydrogen) atoms. The van der Waals surface area contributed by atoms with E-state index in [4.69, 9.17) is 18.8 Å². The molecular weight excluding hydrogens is 769 g/mol. The van der Waals surface area contributed by atoms with Gasteiger partial charge in [0.1, 0.15) is 16.8 Å². The number of benzene rings is 2. The fourth-order valence-corrected chi connectivity index (χ4v) is 9.22. The fraction of sp³-hybridized carbons (Fsp3) is 0.515. The van der Waals surface area contributed by atoms with Crippen molar-refractivity contribution in [1.82, 2.24) is 0 Å². The second-order valence-corrected chi connectivity index (χ2v) is 16.2. The molecule has 4 bridgehead atoms. The first-order valence-corrected chi connectivity index (χ1v) is 18.1. The molecule has 0 amide bonds. The average molecular weight is 803 g/mol. The maximum absolute atomic E-state index is 14.2. The smallest absolute Gasteiger partial charge is 0.422 e. The van der Waals surface area contributed by atoms with Gasteiger partial charge >= 0.3 is 39.2 Å². The molecule has 2 unspecified atom stereocenters. The van der Waals surface area contributed by atoms with E-state index in [0.717, 1.165) is 30.9 Å². The van der Waals surface area contributed by atoms with Crippen molar-refractivity contribution >= 4 is 56.6 Å². The van der Waals surface area contributed by atoms with Crippen LogP contribution in [0.4, 0.5) is 8.78 Å². The van der Waals surface area contributed by atoms with Crippen LogP contribution in [-0.4, -0.2) is 54.3 Å². The molecule has 5 aliphatic carbocycles. The highest BCUT2D eigenvalue weighted by molar-refractivity contribution is 14.1. The van der Waals surface area contributed by atoms with Crippen molar-refractivity contribution in [3.63, 3.8) is 0 Å². The molecule has 1 N–H and O–H groups in total. The fourth-order valence-electron chi connectivity index (χ4n) is 8.41. The van der Waals surface area contributed by atoms with E-state index in [9.17, 15) is 36.4 Å². The SMILES string of the molecule is O=C(Oc1c(I)cccc1C(=O)OCC(F)(F)S(=O)(=O)O)C(=O)OC12CC3CC(C1)CC(C(=O)OC1(c4ccccc4)CCCC1)(C3)C2. The minimum Gasteiger partial charge on any atom is -0.454 e. The normalized spacial score (nSPS) is 27.2. The molecule has 11 nitrogen and oxygen atoms in total. The molecule has 2 aromatic rings. The van der Waals surface area contributed by atoms with Crippen molar-refractivity contribution in [3.8, 4) is 5.75 Å². The number of esters is 4. The Bertz CT molecular complexity index is 1730. The van der Waals surface area contributed by atoms with Crippen molar-refractivity contribution in [2.24, 2.45) is 17.3 Å². The van der Waals surface area contributed by atoms with Crippen LogP contribution in [0.2, 0.25) is 0 Å². The van der Waals surface area contributed by atoms with E-state index >= 15 is 0 Å². The first kappa shape index (κ1) is 34.7. The van der Waals surface area contributed by atoms with E-state index in [-0.39, 0.29) is 27.8 Å². The standard InChI is InChI=1S/C33H33F2IO11S/c34-33(35,48(41,42)43)19-44-26(37)23-9-6-10-24(36)25(23)45-27(38)28(39)46-31-16-20-13-21(17-31)15-30(14-20,18-31)29(40)47-32(11-4-5-12-32)22-7-2-1-3-8-22/h1-3,6-10,20-21H,4-5,11-19H2,(H,41,42,43). The summed E-state index contributed by atoms with van der Waals surface area (Å²) in [6.45, 7) is -2.01. The van der Waals surface area contributed by atoms with E-state index in [1.165, 1.54) is 12.1 Å². The number of hydrogen-bond acceptors (Lipinski definition) is 10. The average Bonchev–Trinajstić information content (AvgIpc) is 3.49. The van der Waals surface area contributed by atoms with Gasteiger partial charge in [-0.3, -0.25) is 9.35 Å². The van der Waals surface area contributed by atoms with Crippen molar-refractivity contribution in [2.45, 2.75) is 80.7 Å². The van der Waals surface area contributed by atoms with Crippen LogP contribution < -0.4 is 4.74 Å². The quantitative estimate of drug-likeness (QED) is 0.0825. The summed E-state index contributed by atoms with van der Waals surface area (Å²) in [5.41, 5.74) is -2.31. The lowest BCUT2D eigenvalue weighted by Crippen LogP contribution is -2.61. The van der Waals surface area contributed by atoms with Crippen LogP contribution in [0.1, 0.15) is 80.1 Å². The summed E-state index contributed by atoms with van der Waals surface area (Å²) in [7, 11) is -5.87. The summed E-state index contributed by atoms with van der Waals surface area (Å²) in [5, 5.41) is -4.79. The summed E-state index contributed by atoms with van der Waals surface area (Å²) >= 11 is 1.68. The zero-order chi connectivity index (χ0) is 34.5. The largest absolute Gasteiger partial charge is 0.454 e. The number of carbonyl (C=O) groups excluding carboxylic acids is 4. The highest BCUT2D eigenvalue weighted by Gasteiger charge is 2.64. The Morgan fingerprint density at radius 3 is 2.17 bits per heavy atom. The number of para-hydroxylation sites is 1. The molecule has 5 saturated carbocycles. The third kappa shape index (κ3) is 6.56. The Kier molecular flexibility index (Phi) is 9.11. The third-order valence-corrected chi connectivity index (χ3v) is 11.8. The maximum atomic E-state index is 14.2. The van der Waals surface area contributed by atoms with E-state index in [1.54, 1.807) is 22.6 Å². The summed E-state index contributed by atoms with van der Waals surface area (Å²) in [5.74, 6) is -4.98. The molecule has 0 aromatic heterocycles. The van der Waals surface area contributed by atoms with Gasteiger partial charge in [0, 0.05) is 6.42 Å². The molecule has 0 radical (unpaired) electrons. The molecule has 0 saturated heterocycles. The number of rotatable bonds is 9. The van der Waals surface area contributed by atoms with E-state index in [2.05, 4.69) is 4.74 Å². The summed E-state index contributed by atoms with van der Waals surface area (Å²) < 4.78 is 79.8. The second-order valence-electron chi connectivity index (χ2n) is 13.5. The van der Waals surface area contributed by atoms with Gasteiger partial charge < -0.3 is 18.9 Å². The van der Waals surface area contributed by atoms with Crippen molar-refractivity contribution in [2.75, 3.05) is 6.61 Å². The van der Waals surface area contributed by atoms with Gasteiger partial charge in [0.15, 0.2) is 12.4 Å². The number of carbonyl (C=O) groups is 4. The molecule has 7 rings (SSSR count). The molecule has 15 heteroatoms. The highest BCUT2D eigenvalue weighted by atomic mass is 127. The van der Waals surface area contributed by atoms with Crippen LogP contribution >= 0.6 is 22.6 Å². The van der Waals surface area contributed by atoms with Crippen LogP contribution in [0.5, 0.6) is 5.75 Å². The topological polar surface area (TPSA) is 160 Å². The van der Waals surface area contributed by atoms with Gasteiger partial charge in [0.25, 0.3) is 0 Å². The minimum absolute atomic E-state index is 0.0798. The Morgan fingerprint density at radius 1 is 0.896 bits per heavy atom. The molecule has 2 atom stereocenters. The lowest BCUT2D eigenvalue weighted by atomic mass is 9.48. The first-order chi connectivity index (χ1) is 22.6. The van der Waals surface area contributed by atoms with Gasteiger partial charge in [-0.25, -0.2) is 14.4 Å². The van der Waals surface area contributed by atoms with Crippen LogP contribution in [-0.2, 0) is 44.3 Å². The van der Waals surface area contributed by atoms with Crippen LogP contribution in [0.25, 0.3) is 0 Å². The van der Waals surface area contributed by atoms with Crippen molar-refractivity contribution < 1.29 is 59.9 Å². The maximum Gasteiger partial charge on any atom is 0.422 e. The molecule has 0 heterocycles. The van der Waals surface area contributed by atoms with E-state index in [1.807, 2.05) is 30.3 Å². The number of hydrogen-bond donors (Lipinski definition) is 1. The van der Waals surface area contributed by atoms with Gasteiger partial charge in [0.05, 0.1) is 8.99 Å². The van der Waals surface area contributed by atoms with Crippen LogP contribution in [0.15, 0.2) is 48.5 Å². The zero-order valence-corrected chi connectivity index (χ0v) is 28.6. The molecule has 258 valence electrons. The summed E-state index contributed by atoms with van der Waals surface area (Å²) in [6, 6.07) is 13.5. The number of alkyl halides is 2. The predicted molar refractivity (Wildman–Crippen MR) is 170 cm³/mol. The van der Waals surface area contributed by atoms with Gasteiger partial charge in [-0.05, 0) is 110 Å². The molecule has 0 spiro atoms. The number of ether oxygens (including phenoxy) is 4. The summed E-state index contributed by atoms with van der Waals surface area (Å²) in [6.07, 6.45) is 6.48. The molecule has 5 aliphatic rings. The molecule has 5 fully saturated rings. The molecule has 2 aromatic carbocycles. The van der Waals surface area contributed by atoms with Gasteiger partial charge in [0.2, 0.25) is 0 Å². The van der Waals surface area contributed by atoms with Gasteiger partial charge in [-0.15, -0.1) is 0 Å². The van der Waals surface area contributed by atoms with E-state index in [0.29, 0.717) is 38.5 Å². The Morgan fingerprint density at radius 2 is 1.54 bits per heavy atom. The molecular formula is C33H33F2IO11S. The lowest BCUT2D eigenvalue weighted by Gasteiger charge is -2.60. The van der Waals surface area contributed by atoms with Crippen molar-refractivity contribution in [3.05, 3.63) is 63.2 Å². The van der Waals surface area contributed by atoms with Gasteiger partial charge in [-0.2, -0.15) is 17.2 Å². The Balaban J connectivity index is 1.17. The lowest BCUT2D eigenvalue weighted by molar-refractivity contribution is -0.220. The van der Waals surface area contributed by atoms with Crippen LogP contribution in [0, 0.1) is 20.8 Å². The van der Waals surface area contributed by atoms with E-state index < -0.39 is 67.8 Å². The Labute approximate surface area is 288 Å². The Hall–Kier alpha value is -3.18. The second kappa shape index (κ2) is 12.6. The zero-order valence-electron chi connectivity index (χ0n) is 25.6. The van der Waals surface area contributed by atoms with Crippen LogP contribution in [0.3, 0.4) is 0 Å². The highest BCUT2D eigenvalue weighted by Crippen LogP contribution is 2.64. The summed E-state index contributed by atoms with van der Waals surface area (Å²) in [4.78, 5) is 53.1. The number of halogens is 3.